The molecule has 1 unspecified atom stereocenters. The summed E-state index contributed by atoms with van der Waals surface area (Å²) >= 11 is 0. The second-order valence-electron chi connectivity index (χ2n) is 5.53. The molecule has 0 aliphatic heterocycles. The van der Waals surface area contributed by atoms with Crippen molar-refractivity contribution in [2.24, 2.45) is 5.92 Å². The van der Waals surface area contributed by atoms with Crippen LogP contribution in [0.1, 0.15) is 31.4 Å². The maximum Gasteiger partial charge on any atom is 0.320 e. The minimum absolute atomic E-state index is 0.324. The van der Waals surface area contributed by atoms with E-state index in [1.165, 1.54) is 0 Å². The molecule has 0 amide bonds. The van der Waals surface area contributed by atoms with E-state index < -0.39 is 12.0 Å². The number of carboxylic acids is 1. The fraction of sp³-hybridized carbons (Fsp3) is 0.562. The Balaban J connectivity index is 2.84. The molecule has 0 bridgehead atoms. The highest BCUT2D eigenvalue weighted by molar-refractivity contribution is 5.73. The Hall–Kier alpha value is -1.75. The molecule has 0 saturated heterocycles. The minimum Gasteiger partial charge on any atom is -0.493 e. The van der Waals surface area contributed by atoms with Crippen molar-refractivity contribution in [3.63, 3.8) is 0 Å². The normalized spacial score (nSPS) is 12.3. The zero-order valence-electron chi connectivity index (χ0n) is 13.4. The van der Waals surface area contributed by atoms with Gasteiger partial charge < -0.3 is 19.9 Å². The van der Waals surface area contributed by atoms with Gasteiger partial charge in [-0.25, -0.2) is 0 Å². The van der Waals surface area contributed by atoms with Crippen LogP contribution >= 0.6 is 0 Å². The van der Waals surface area contributed by atoms with Crippen LogP contribution in [-0.2, 0) is 11.3 Å². The van der Waals surface area contributed by atoms with Crippen molar-refractivity contribution in [3.05, 3.63) is 23.3 Å². The van der Waals surface area contributed by atoms with Crippen molar-refractivity contribution >= 4 is 5.97 Å². The molecule has 21 heavy (non-hydrogen) atoms. The second kappa shape index (κ2) is 7.88. The SMILES string of the molecule is COc1cc(C)c(CNC(CC(C)C)C(=O)O)cc1OC. The van der Waals surface area contributed by atoms with Crippen LogP contribution in [0.3, 0.4) is 0 Å². The molecule has 5 nitrogen and oxygen atoms in total. The monoisotopic (exact) mass is 295 g/mol. The van der Waals surface area contributed by atoms with E-state index in [9.17, 15) is 9.90 Å². The van der Waals surface area contributed by atoms with E-state index in [1.54, 1.807) is 14.2 Å². The number of benzene rings is 1. The van der Waals surface area contributed by atoms with Gasteiger partial charge in [-0.05, 0) is 42.5 Å². The van der Waals surface area contributed by atoms with Crippen molar-refractivity contribution in [3.8, 4) is 11.5 Å². The van der Waals surface area contributed by atoms with Gasteiger partial charge in [0.15, 0.2) is 11.5 Å². The topological polar surface area (TPSA) is 67.8 Å². The molecule has 1 atom stereocenters. The smallest absolute Gasteiger partial charge is 0.320 e. The molecule has 0 fully saturated rings. The predicted octanol–water partition coefficient (Wildman–Crippen LogP) is 2.60. The van der Waals surface area contributed by atoms with Gasteiger partial charge in [0.05, 0.1) is 14.2 Å². The van der Waals surface area contributed by atoms with Crippen LogP contribution in [0.2, 0.25) is 0 Å². The van der Waals surface area contributed by atoms with Crippen LogP contribution in [0.25, 0.3) is 0 Å². The third kappa shape index (κ3) is 4.93. The van der Waals surface area contributed by atoms with E-state index in [2.05, 4.69) is 5.32 Å². The van der Waals surface area contributed by atoms with Gasteiger partial charge in [0, 0.05) is 6.54 Å². The number of hydrogen-bond acceptors (Lipinski definition) is 4. The number of methoxy groups -OCH3 is 2. The Kier molecular flexibility index (Phi) is 6.49. The van der Waals surface area contributed by atoms with Crippen LogP contribution in [0.15, 0.2) is 12.1 Å². The summed E-state index contributed by atoms with van der Waals surface area (Å²) in [5.74, 6) is 0.832. The first-order valence-electron chi connectivity index (χ1n) is 7.06. The van der Waals surface area contributed by atoms with Crippen LogP contribution < -0.4 is 14.8 Å². The summed E-state index contributed by atoms with van der Waals surface area (Å²) in [7, 11) is 3.18. The van der Waals surface area contributed by atoms with Gasteiger partial charge in [0.25, 0.3) is 0 Å². The lowest BCUT2D eigenvalue weighted by molar-refractivity contribution is -0.140. The summed E-state index contributed by atoms with van der Waals surface area (Å²) in [6.45, 7) is 6.48. The number of carboxylic acid groups (broad SMARTS) is 1. The van der Waals surface area contributed by atoms with Crippen LogP contribution in [-0.4, -0.2) is 31.3 Å². The van der Waals surface area contributed by atoms with Gasteiger partial charge in [-0.15, -0.1) is 0 Å². The van der Waals surface area contributed by atoms with E-state index >= 15 is 0 Å². The van der Waals surface area contributed by atoms with Gasteiger partial charge in [0.2, 0.25) is 0 Å². The van der Waals surface area contributed by atoms with E-state index in [1.807, 2.05) is 32.9 Å². The molecule has 1 aromatic rings. The number of aliphatic carboxylic acids is 1. The second-order valence-corrected chi connectivity index (χ2v) is 5.53. The summed E-state index contributed by atoms with van der Waals surface area (Å²) in [5, 5.41) is 12.3. The number of nitrogens with one attached hydrogen (secondary N) is 1. The van der Waals surface area contributed by atoms with E-state index in [4.69, 9.17) is 9.47 Å². The Morgan fingerprint density at radius 3 is 2.29 bits per heavy atom. The van der Waals surface area contributed by atoms with Gasteiger partial charge in [0.1, 0.15) is 6.04 Å². The largest absolute Gasteiger partial charge is 0.493 e. The maximum absolute atomic E-state index is 11.3. The first-order chi connectivity index (χ1) is 9.88. The number of ether oxygens (including phenoxy) is 2. The van der Waals surface area contributed by atoms with Crippen molar-refractivity contribution in [2.45, 2.75) is 39.8 Å². The van der Waals surface area contributed by atoms with Gasteiger partial charge in [-0.2, -0.15) is 0 Å². The third-order valence-corrected chi connectivity index (χ3v) is 3.39. The quantitative estimate of drug-likeness (QED) is 0.771. The zero-order valence-corrected chi connectivity index (χ0v) is 13.4. The van der Waals surface area contributed by atoms with Crippen LogP contribution in [0.5, 0.6) is 11.5 Å². The number of carbonyl (C=O) groups is 1. The molecular weight excluding hydrogens is 270 g/mol. The molecule has 0 saturated carbocycles. The van der Waals surface area contributed by atoms with Gasteiger partial charge in [-0.1, -0.05) is 13.8 Å². The van der Waals surface area contributed by atoms with Crippen LogP contribution in [0, 0.1) is 12.8 Å². The number of aryl methyl sites for hydroxylation is 1. The van der Waals surface area contributed by atoms with Gasteiger partial charge >= 0.3 is 5.97 Å². The highest BCUT2D eigenvalue weighted by Crippen LogP contribution is 2.30. The van der Waals surface area contributed by atoms with Crippen molar-refractivity contribution in [1.29, 1.82) is 0 Å². The first-order valence-corrected chi connectivity index (χ1v) is 7.06. The molecule has 2 N–H and O–H groups in total. The molecule has 0 aliphatic carbocycles. The van der Waals surface area contributed by atoms with Crippen molar-refractivity contribution < 1.29 is 19.4 Å². The molecule has 0 spiro atoms. The molecule has 0 aromatic heterocycles. The molecule has 0 radical (unpaired) electrons. The highest BCUT2D eigenvalue weighted by atomic mass is 16.5. The minimum atomic E-state index is -0.818. The fourth-order valence-corrected chi connectivity index (χ4v) is 2.19. The summed E-state index contributed by atoms with van der Waals surface area (Å²) < 4.78 is 10.5. The number of hydrogen-bond donors (Lipinski definition) is 2. The lowest BCUT2D eigenvalue weighted by Crippen LogP contribution is -2.37. The molecule has 0 aliphatic rings. The van der Waals surface area contributed by atoms with Crippen molar-refractivity contribution in [2.75, 3.05) is 14.2 Å². The molecule has 118 valence electrons. The van der Waals surface area contributed by atoms with Crippen molar-refractivity contribution in [1.82, 2.24) is 5.32 Å². The Bertz CT molecular complexity index is 485. The maximum atomic E-state index is 11.3. The number of rotatable bonds is 8. The summed E-state index contributed by atoms with van der Waals surface area (Å²) in [4.78, 5) is 11.3. The fourth-order valence-electron chi connectivity index (χ4n) is 2.19. The van der Waals surface area contributed by atoms with E-state index in [-0.39, 0.29) is 0 Å². The first kappa shape index (κ1) is 17.3. The Labute approximate surface area is 126 Å². The molecule has 1 rings (SSSR count). The summed E-state index contributed by atoms with van der Waals surface area (Å²) in [6.07, 6.45) is 0.599. The van der Waals surface area contributed by atoms with Crippen LogP contribution in [0.4, 0.5) is 0 Å². The lowest BCUT2D eigenvalue weighted by Gasteiger charge is -2.18. The predicted molar refractivity (Wildman–Crippen MR) is 82.0 cm³/mol. The molecule has 1 aromatic carbocycles. The van der Waals surface area contributed by atoms with E-state index in [0.29, 0.717) is 30.4 Å². The third-order valence-electron chi connectivity index (χ3n) is 3.39. The van der Waals surface area contributed by atoms with E-state index in [0.717, 1.165) is 11.1 Å². The molecular formula is C16H25NO4. The zero-order chi connectivity index (χ0) is 16.0. The van der Waals surface area contributed by atoms with Gasteiger partial charge in [-0.3, -0.25) is 4.79 Å². The lowest BCUT2D eigenvalue weighted by atomic mass is 10.0. The average Bonchev–Trinajstić information content (AvgIpc) is 2.43. The summed E-state index contributed by atoms with van der Waals surface area (Å²) in [5.41, 5.74) is 2.04. The average molecular weight is 295 g/mol. The standard InChI is InChI=1S/C16H25NO4/c1-10(2)6-13(16(18)19)17-9-12-8-15(21-5)14(20-4)7-11(12)3/h7-8,10,13,17H,6,9H2,1-5H3,(H,18,19). The molecule has 5 heteroatoms. The highest BCUT2D eigenvalue weighted by Gasteiger charge is 2.18. The summed E-state index contributed by atoms with van der Waals surface area (Å²) in [6, 6.07) is 3.24. The molecule has 0 heterocycles. The Morgan fingerprint density at radius 2 is 1.81 bits per heavy atom. The Morgan fingerprint density at radius 1 is 1.24 bits per heavy atom.